The van der Waals surface area contributed by atoms with Crippen molar-refractivity contribution in [3.05, 3.63) is 28.8 Å². The number of amidine groups is 1. The second-order valence-corrected chi connectivity index (χ2v) is 4.55. The largest absolute Gasteiger partial charge is 0.389 e. The zero-order valence-electron chi connectivity index (χ0n) is 9.10. The van der Waals surface area contributed by atoms with Crippen LogP contribution in [0.25, 0.3) is 0 Å². The topological polar surface area (TPSA) is 93.6 Å². The number of rotatable bonds is 2. The van der Waals surface area contributed by atoms with Crippen molar-refractivity contribution in [2.75, 3.05) is 18.0 Å². The van der Waals surface area contributed by atoms with E-state index in [-0.39, 0.29) is 5.84 Å². The fourth-order valence-electron chi connectivity index (χ4n) is 1.96. The number of hydrogen-bond acceptors (Lipinski definition) is 4. The Kier molecular flexibility index (Phi) is 3.24. The average molecular weight is 256 g/mol. The number of benzene rings is 1. The molecule has 0 saturated carbocycles. The zero-order chi connectivity index (χ0) is 12.6. The second kappa shape index (κ2) is 4.52. The van der Waals surface area contributed by atoms with E-state index >= 15 is 0 Å². The molecule has 2 unspecified atom stereocenters. The lowest BCUT2D eigenvalue weighted by atomic mass is 10.1. The minimum absolute atomic E-state index is 0.0625. The minimum atomic E-state index is -0.784. The molecule has 5 N–H and O–H groups in total. The van der Waals surface area contributed by atoms with Gasteiger partial charge < -0.3 is 20.8 Å². The maximum atomic E-state index is 9.52. The van der Waals surface area contributed by atoms with Crippen LogP contribution < -0.4 is 10.6 Å². The molecule has 0 amide bonds. The van der Waals surface area contributed by atoms with E-state index in [0.29, 0.717) is 29.4 Å². The quantitative estimate of drug-likeness (QED) is 0.448. The first kappa shape index (κ1) is 12.2. The molecular formula is C11H14ClN3O2. The number of halogens is 1. The van der Waals surface area contributed by atoms with Gasteiger partial charge in [0.15, 0.2) is 0 Å². The van der Waals surface area contributed by atoms with Gasteiger partial charge in [0, 0.05) is 29.4 Å². The summed E-state index contributed by atoms with van der Waals surface area (Å²) in [7, 11) is 0. The van der Waals surface area contributed by atoms with Crippen molar-refractivity contribution >= 4 is 23.1 Å². The molecule has 0 aromatic heterocycles. The molecule has 2 atom stereocenters. The average Bonchev–Trinajstić information content (AvgIpc) is 2.58. The highest BCUT2D eigenvalue weighted by atomic mass is 35.5. The molecule has 6 heteroatoms. The lowest BCUT2D eigenvalue weighted by molar-refractivity contribution is 0.0572. The standard InChI is InChI=1S/C11H14ClN3O2/c12-6-1-2-7(11(13)14)8(3-6)15-4-9(16)10(17)5-15/h1-3,9-10,16-17H,4-5H2,(H3,13,14). The summed E-state index contributed by atoms with van der Waals surface area (Å²) in [6.07, 6.45) is -1.57. The molecule has 1 aromatic carbocycles. The van der Waals surface area contributed by atoms with E-state index in [1.807, 2.05) is 0 Å². The zero-order valence-corrected chi connectivity index (χ0v) is 9.85. The van der Waals surface area contributed by atoms with E-state index < -0.39 is 12.2 Å². The fraction of sp³-hybridized carbons (Fsp3) is 0.364. The molecule has 5 nitrogen and oxygen atoms in total. The van der Waals surface area contributed by atoms with E-state index in [2.05, 4.69) is 0 Å². The molecule has 17 heavy (non-hydrogen) atoms. The number of aliphatic hydroxyl groups is 2. The summed E-state index contributed by atoms with van der Waals surface area (Å²) in [6.45, 7) is 0.615. The van der Waals surface area contributed by atoms with Crippen LogP contribution in [0.15, 0.2) is 18.2 Å². The van der Waals surface area contributed by atoms with Gasteiger partial charge in [-0.2, -0.15) is 0 Å². The predicted octanol–water partition coefficient (Wildman–Crippen LogP) is 0.166. The molecule has 1 aliphatic heterocycles. The summed E-state index contributed by atoms with van der Waals surface area (Å²) >= 11 is 5.91. The Labute approximate surface area is 104 Å². The van der Waals surface area contributed by atoms with Gasteiger partial charge >= 0.3 is 0 Å². The Morgan fingerprint density at radius 3 is 2.47 bits per heavy atom. The first-order valence-corrected chi connectivity index (χ1v) is 5.62. The van der Waals surface area contributed by atoms with Crippen LogP contribution in [-0.4, -0.2) is 41.3 Å². The van der Waals surface area contributed by atoms with Gasteiger partial charge in [-0.1, -0.05) is 11.6 Å². The predicted molar refractivity (Wildman–Crippen MR) is 66.7 cm³/mol. The van der Waals surface area contributed by atoms with Crippen molar-refractivity contribution in [2.45, 2.75) is 12.2 Å². The van der Waals surface area contributed by atoms with Crippen LogP contribution in [0.1, 0.15) is 5.56 Å². The van der Waals surface area contributed by atoms with Crippen LogP contribution in [0, 0.1) is 5.41 Å². The Morgan fingerprint density at radius 2 is 1.94 bits per heavy atom. The number of nitrogens with two attached hydrogens (primary N) is 1. The van der Waals surface area contributed by atoms with Crippen molar-refractivity contribution in [3.63, 3.8) is 0 Å². The molecule has 2 rings (SSSR count). The highest BCUT2D eigenvalue weighted by Gasteiger charge is 2.31. The molecule has 1 heterocycles. The van der Waals surface area contributed by atoms with E-state index in [1.165, 1.54) is 0 Å². The van der Waals surface area contributed by atoms with Gasteiger partial charge in [-0.15, -0.1) is 0 Å². The van der Waals surface area contributed by atoms with Gasteiger partial charge in [-0.05, 0) is 18.2 Å². The third kappa shape index (κ3) is 2.36. The van der Waals surface area contributed by atoms with Crippen LogP contribution in [-0.2, 0) is 0 Å². The summed E-state index contributed by atoms with van der Waals surface area (Å²) < 4.78 is 0. The molecule has 1 aromatic rings. The van der Waals surface area contributed by atoms with E-state index in [0.717, 1.165) is 0 Å². The highest BCUT2D eigenvalue weighted by molar-refractivity contribution is 6.31. The van der Waals surface area contributed by atoms with E-state index in [4.69, 9.17) is 22.7 Å². The molecule has 1 saturated heterocycles. The van der Waals surface area contributed by atoms with Crippen molar-refractivity contribution in [3.8, 4) is 0 Å². The smallest absolute Gasteiger partial charge is 0.124 e. The van der Waals surface area contributed by atoms with Crippen molar-refractivity contribution in [2.24, 2.45) is 5.73 Å². The molecule has 0 aliphatic carbocycles. The first-order valence-electron chi connectivity index (χ1n) is 5.24. The molecule has 0 spiro atoms. The fourth-order valence-corrected chi connectivity index (χ4v) is 2.13. The van der Waals surface area contributed by atoms with Crippen molar-refractivity contribution in [1.82, 2.24) is 0 Å². The summed E-state index contributed by atoms with van der Waals surface area (Å²) in [5, 5.41) is 27.1. The van der Waals surface area contributed by atoms with E-state index in [1.54, 1.807) is 23.1 Å². The molecule has 1 fully saturated rings. The normalized spacial score (nSPS) is 24.1. The van der Waals surface area contributed by atoms with Gasteiger partial charge in [-0.3, -0.25) is 5.41 Å². The third-order valence-corrected chi connectivity index (χ3v) is 3.08. The molecule has 1 aliphatic rings. The number of aliphatic hydroxyl groups excluding tert-OH is 2. The summed E-state index contributed by atoms with van der Waals surface area (Å²) in [4.78, 5) is 1.78. The van der Waals surface area contributed by atoms with Gasteiger partial charge in [0.05, 0.1) is 12.2 Å². The number of β-amino-alcohol motifs (C(OH)–C–C–N with tert-alkyl or cyclic N) is 2. The Morgan fingerprint density at radius 1 is 1.35 bits per heavy atom. The number of nitrogens with one attached hydrogen (secondary N) is 1. The Balaban J connectivity index is 2.37. The van der Waals surface area contributed by atoms with Gasteiger partial charge in [0.25, 0.3) is 0 Å². The number of nitrogens with zero attached hydrogens (tertiary/aromatic N) is 1. The molecular weight excluding hydrogens is 242 g/mol. The van der Waals surface area contributed by atoms with Crippen molar-refractivity contribution in [1.29, 1.82) is 5.41 Å². The van der Waals surface area contributed by atoms with Gasteiger partial charge in [0.1, 0.15) is 5.84 Å². The number of hydrogen-bond donors (Lipinski definition) is 4. The Hall–Kier alpha value is -1.30. The van der Waals surface area contributed by atoms with Crippen molar-refractivity contribution < 1.29 is 10.2 Å². The summed E-state index contributed by atoms with van der Waals surface area (Å²) in [5.74, 6) is -0.0625. The molecule has 0 bridgehead atoms. The summed E-state index contributed by atoms with van der Waals surface area (Å²) in [5.41, 5.74) is 6.71. The van der Waals surface area contributed by atoms with Crippen LogP contribution in [0.3, 0.4) is 0 Å². The Bertz CT molecular complexity index is 442. The lowest BCUT2D eigenvalue weighted by Crippen LogP contribution is -2.25. The SMILES string of the molecule is N=C(N)c1ccc(Cl)cc1N1CC(O)C(O)C1. The highest BCUT2D eigenvalue weighted by Crippen LogP contribution is 2.27. The van der Waals surface area contributed by atoms with Crippen LogP contribution in [0.5, 0.6) is 0 Å². The second-order valence-electron chi connectivity index (χ2n) is 4.11. The monoisotopic (exact) mass is 255 g/mol. The van der Waals surface area contributed by atoms with Gasteiger partial charge in [0.2, 0.25) is 0 Å². The lowest BCUT2D eigenvalue weighted by Gasteiger charge is -2.21. The molecule has 0 radical (unpaired) electrons. The minimum Gasteiger partial charge on any atom is -0.389 e. The third-order valence-electron chi connectivity index (χ3n) is 2.85. The molecule has 92 valence electrons. The number of anilines is 1. The van der Waals surface area contributed by atoms with E-state index in [9.17, 15) is 10.2 Å². The maximum Gasteiger partial charge on any atom is 0.124 e. The first-order chi connectivity index (χ1) is 7.99. The maximum absolute atomic E-state index is 9.52. The summed E-state index contributed by atoms with van der Waals surface area (Å²) in [6, 6.07) is 5.00. The van der Waals surface area contributed by atoms with Crippen LogP contribution in [0.2, 0.25) is 5.02 Å². The number of nitrogen functional groups attached to an aromatic ring is 1. The van der Waals surface area contributed by atoms with Crippen LogP contribution >= 0.6 is 11.6 Å². The van der Waals surface area contributed by atoms with Crippen LogP contribution in [0.4, 0.5) is 5.69 Å². The van der Waals surface area contributed by atoms with Gasteiger partial charge in [-0.25, -0.2) is 0 Å².